The number of carbonyl (C=O) groups excluding carboxylic acids is 1. The Labute approximate surface area is 185 Å². The van der Waals surface area contributed by atoms with Gasteiger partial charge in [-0.05, 0) is 43.0 Å². The quantitative estimate of drug-likeness (QED) is 0.310. The summed E-state index contributed by atoms with van der Waals surface area (Å²) >= 11 is 1.89. The summed E-state index contributed by atoms with van der Waals surface area (Å²) < 4.78 is 0. The highest BCUT2D eigenvalue weighted by atomic mass is 35.5. The molecule has 6 heteroatoms. The van der Waals surface area contributed by atoms with Crippen LogP contribution >= 0.6 is 36.6 Å². The number of carbonyl (C=O) groups is 1. The second-order valence-corrected chi connectivity index (χ2v) is 7.84. The number of anilines is 1. The first-order chi connectivity index (χ1) is 12.8. The Hall–Kier alpha value is -1.20. The van der Waals surface area contributed by atoms with Gasteiger partial charge in [-0.1, -0.05) is 37.3 Å². The first-order valence-corrected chi connectivity index (χ1v) is 10.5. The van der Waals surface area contributed by atoms with Crippen molar-refractivity contribution in [2.45, 2.75) is 24.7 Å². The molecule has 0 unspecified atom stereocenters. The monoisotopic (exact) mass is 440 g/mol. The molecule has 2 aromatic rings. The smallest absolute Gasteiger partial charge is 0.162 e. The van der Waals surface area contributed by atoms with Gasteiger partial charge in [0.2, 0.25) is 0 Å². The molecule has 0 N–H and O–H groups in total. The van der Waals surface area contributed by atoms with Crippen molar-refractivity contribution in [1.29, 1.82) is 0 Å². The summed E-state index contributed by atoms with van der Waals surface area (Å²) in [7, 11) is 0. The largest absolute Gasteiger partial charge is 0.369 e. The maximum Gasteiger partial charge on any atom is 0.162 e. The number of piperazine rings is 1. The Kier molecular flexibility index (Phi) is 11.6. The molecule has 1 fully saturated rings. The van der Waals surface area contributed by atoms with E-state index >= 15 is 0 Å². The Morgan fingerprint density at radius 3 is 2.18 bits per heavy atom. The number of Topliss-reactive ketones (excluding diaryl/α,β-unsaturated/α-hetero) is 1. The molecule has 0 spiro atoms. The predicted molar refractivity (Wildman–Crippen MR) is 126 cm³/mol. The van der Waals surface area contributed by atoms with E-state index in [0.29, 0.717) is 6.42 Å². The molecule has 0 amide bonds. The van der Waals surface area contributed by atoms with Crippen molar-refractivity contribution in [3.8, 4) is 0 Å². The van der Waals surface area contributed by atoms with E-state index in [-0.39, 0.29) is 30.6 Å². The minimum Gasteiger partial charge on any atom is -0.369 e. The number of thioether (sulfide) groups is 1. The van der Waals surface area contributed by atoms with Crippen molar-refractivity contribution in [2.75, 3.05) is 43.4 Å². The third-order valence-corrected chi connectivity index (χ3v) is 5.98. The molecule has 0 aliphatic carbocycles. The topological polar surface area (TPSA) is 23.6 Å². The lowest BCUT2D eigenvalue weighted by atomic mass is 10.1. The number of benzene rings is 2. The van der Waals surface area contributed by atoms with Crippen LogP contribution in [-0.2, 0) is 0 Å². The summed E-state index contributed by atoms with van der Waals surface area (Å²) in [6, 6.07) is 18.8. The molecule has 2 aromatic carbocycles. The molecular weight excluding hydrogens is 411 g/mol. The number of hydrogen-bond donors (Lipinski definition) is 0. The molecule has 1 aliphatic heterocycles. The summed E-state index contributed by atoms with van der Waals surface area (Å²) in [5.74, 6) is 1.34. The maximum absolute atomic E-state index is 11.7. The molecule has 0 bridgehead atoms. The second-order valence-electron chi connectivity index (χ2n) is 6.67. The standard InChI is InChI=1S/C22H28N2OS.2ClH/c1-2-22(25)19-9-11-21(12-10-19)26-18-6-13-23-14-16-24(17-15-23)20-7-4-3-5-8-20;;/h3-5,7-12H,2,6,13-18H2,1H3;2*1H. The number of para-hydroxylation sites is 1. The molecule has 0 aromatic heterocycles. The Morgan fingerprint density at radius 1 is 0.929 bits per heavy atom. The molecule has 3 nitrogen and oxygen atoms in total. The van der Waals surface area contributed by atoms with Crippen LogP contribution < -0.4 is 4.90 Å². The Bertz CT molecular complexity index is 689. The van der Waals surface area contributed by atoms with Crippen molar-refractivity contribution in [3.63, 3.8) is 0 Å². The van der Waals surface area contributed by atoms with Crippen LogP contribution in [0.15, 0.2) is 59.5 Å². The fourth-order valence-corrected chi connectivity index (χ4v) is 4.13. The zero-order valence-corrected chi connectivity index (χ0v) is 18.8. The van der Waals surface area contributed by atoms with Gasteiger partial charge in [0, 0.05) is 48.7 Å². The van der Waals surface area contributed by atoms with Crippen LogP contribution in [0.1, 0.15) is 30.1 Å². The normalized spacial score (nSPS) is 14.1. The highest BCUT2D eigenvalue weighted by molar-refractivity contribution is 7.99. The zero-order chi connectivity index (χ0) is 18.2. The minimum atomic E-state index is 0. The van der Waals surface area contributed by atoms with Crippen molar-refractivity contribution in [3.05, 3.63) is 60.2 Å². The van der Waals surface area contributed by atoms with E-state index < -0.39 is 0 Å². The third-order valence-electron chi connectivity index (χ3n) is 4.88. The van der Waals surface area contributed by atoms with Crippen LogP contribution in [0.3, 0.4) is 0 Å². The minimum absolute atomic E-state index is 0. The van der Waals surface area contributed by atoms with E-state index in [1.807, 2.05) is 30.8 Å². The molecule has 0 radical (unpaired) electrons. The van der Waals surface area contributed by atoms with Crippen LogP contribution in [0.5, 0.6) is 0 Å². The van der Waals surface area contributed by atoms with Gasteiger partial charge < -0.3 is 4.90 Å². The highest BCUT2D eigenvalue weighted by Gasteiger charge is 2.16. The summed E-state index contributed by atoms with van der Waals surface area (Å²) in [4.78, 5) is 18.0. The Morgan fingerprint density at radius 2 is 1.57 bits per heavy atom. The van der Waals surface area contributed by atoms with Gasteiger partial charge in [-0.25, -0.2) is 0 Å². The average Bonchev–Trinajstić information content (AvgIpc) is 2.72. The zero-order valence-electron chi connectivity index (χ0n) is 16.4. The van der Waals surface area contributed by atoms with Crippen molar-refractivity contribution < 1.29 is 4.79 Å². The molecule has 28 heavy (non-hydrogen) atoms. The molecular formula is C22H30Cl2N2OS. The van der Waals surface area contributed by atoms with Gasteiger partial charge in [0.15, 0.2) is 5.78 Å². The number of ketones is 1. The number of halogens is 2. The summed E-state index contributed by atoms with van der Waals surface area (Å²) in [6.45, 7) is 7.60. The number of hydrogen-bond acceptors (Lipinski definition) is 4. The van der Waals surface area contributed by atoms with Gasteiger partial charge in [-0.3, -0.25) is 9.69 Å². The molecule has 1 heterocycles. The van der Waals surface area contributed by atoms with Gasteiger partial charge in [0.25, 0.3) is 0 Å². The van der Waals surface area contributed by atoms with E-state index in [2.05, 4.69) is 52.3 Å². The number of rotatable bonds is 8. The molecule has 0 atom stereocenters. The maximum atomic E-state index is 11.7. The van der Waals surface area contributed by atoms with Crippen LogP contribution in [0.2, 0.25) is 0 Å². The fraction of sp³-hybridized carbons (Fsp3) is 0.409. The van der Waals surface area contributed by atoms with Crippen molar-refractivity contribution in [1.82, 2.24) is 4.90 Å². The van der Waals surface area contributed by atoms with Crippen LogP contribution in [0.25, 0.3) is 0 Å². The average molecular weight is 441 g/mol. The van der Waals surface area contributed by atoms with Crippen molar-refractivity contribution >= 4 is 48.0 Å². The van der Waals surface area contributed by atoms with E-state index in [4.69, 9.17) is 0 Å². The van der Waals surface area contributed by atoms with Crippen LogP contribution in [0, 0.1) is 0 Å². The summed E-state index contributed by atoms with van der Waals surface area (Å²) in [5, 5.41) is 0. The molecule has 154 valence electrons. The molecule has 3 rings (SSSR count). The van der Waals surface area contributed by atoms with Gasteiger partial charge in [-0.2, -0.15) is 0 Å². The van der Waals surface area contributed by atoms with E-state index in [1.54, 1.807) is 0 Å². The first-order valence-electron chi connectivity index (χ1n) is 9.54. The SMILES string of the molecule is CCC(=O)c1ccc(SCCCN2CCN(c3ccccc3)CC2)cc1.Cl.Cl. The van der Waals surface area contributed by atoms with Gasteiger partial charge in [0.05, 0.1) is 0 Å². The Balaban J connectivity index is 0.00000196. The molecule has 1 saturated heterocycles. The fourth-order valence-electron chi connectivity index (χ4n) is 3.29. The summed E-state index contributed by atoms with van der Waals surface area (Å²) in [5.41, 5.74) is 2.17. The van der Waals surface area contributed by atoms with Crippen molar-refractivity contribution in [2.24, 2.45) is 0 Å². The third kappa shape index (κ3) is 7.32. The lowest BCUT2D eigenvalue weighted by molar-refractivity contribution is 0.0988. The highest BCUT2D eigenvalue weighted by Crippen LogP contribution is 2.20. The summed E-state index contributed by atoms with van der Waals surface area (Å²) in [6.07, 6.45) is 1.77. The predicted octanol–water partition coefficient (Wildman–Crippen LogP) is 5.43. The lowest BCUT2D eigenvalue weighted by Crippen LogP contribution is -2.46. The lowest BCUT2D eigenvalue weighted by Gasteiger charge is -2.36. The van der Waals surface area contributed by atoms with Gasteiger partial charge >= 0.3 is 0 Å². The van der Waals surface area contributed by atoms with Crippen LogP contribution in [-0.4, -0.2) is 49.2 Å². The van der Waals surface area contributed by atoms with E-state index in [1.165, 1.54) is 23.5 Å². The van der Waals surface area contributed by atoms with E-state index in [0.717, 1.165) is 37.5 Å². The number of nitrogens with zero attached hydrogens (tertiary/aromatic N) is 2. The second kappa shape index (κ2) is 13.1. The van der Waals surface area contributed by atoms with Crippen LogP contribution in [0.4, 0.5) is 5.69 Å². The first kappa shape index (κ1) is 24.8. The van der Waals surface area contributed by atoms with Gasteiger partial charge in [-0.15, -0.1) is 36.6 Å². The van der Waals surface area contributed by atoms with E-state index in [9.17, 15) is 4.79 Å². The molecule has 1 aliphatic rings. The molecule has 0 saturated carbocycles. The van der Waals surface area contributed by atoms with Gasteiger partial charge in [0.1, 0.15) is 0 Å².